The molecule has 0 bridgehead atoms. The van der Waals surface area contributed by atoms with E-state index in [9.17, 15) is 4.79 Å². The molecule has 23 heavy (non-hydrogen) atoms. The maximum atomic E-state index is 11.8. The molecule has 0 radical (unpaired) electrons. The number of methoxy groups -OCH3 is 1. The Morgan fingerprint density at radius 3 is 2.83 bits per heavy atom. The van der Waals surface area contributed by atoms with Gasteiger partial charge >= 0.3 is 0 Å². The molecule has 0 aromatic heterocycles. The number of benzene rings is 2. The van der Waals surface area contributed by atoms with Crippen LogP contribution in [0.1, 0.15) is 11.1 Å². The van der Waals surface area contributed by atoms with Gasteiger partial charge in [-0.3, -0.25) is 4.79 Å². The highest BCUT2D eigenvalue weighted by Crippen LogP contribution is 2.17. The lowest BCUT2D eigenvalue weighted by atomic mass is 10.1. The Kier molecular flexibility index (Phi) is 6.01. The average Bonchev–Trinajstić information content (AvgIpc) is 2.60. The Morgan fingerprint density at radius 2 is 2.04 bits per heavy atom. The predicted molar refractivity (Wildman–Crippen MR) is 89.4 cm³/mol. The Balaban J connectivity index is 1.76. The number of para-hydroxylation sites is 1. The van der Waals surface area contributed by atoms with Gasteiger partial charge in [-0.2, -0.15) is 5.26 Å². The van der Waals surface area contributed by atoms with Gasteiger partial charge in [-0.25, -0.2) is 0 Å². The van der Waals surface area contributed by atoms with Crippen LogP contribution in [0, 0.1) is 11.3 Å². The van der Waals surface area contributed by atoms with E-state index in [1.54, 1.807) is 25.3 Å². The highest BCUT2D eigenvalue weighted by atomic mass is 16.5. The fourth-order valence-corrected chi connectivity index (χ4v) is 2.19. The summed E-state index contributed by atoms with van der Waals surface area (Å²) in [6.07, 6.45) is 0.708. The average molecular weight is 309 g/mol. The van der Waals surface area contributed by atoms with E-state index in [0.717, 1.165) is 17.0 Å². The maximum absolute atomic E-state index is 11.8. The molecule has 2 aromatic rings. The number of nitriles is 1. The van der Waals surface area contributed by atoms with Gasteiger partial charge in [0.1, 0.15) is 5.75 Å². The van der Waals surface area contributed by atoms with Crippen LogP contribution in [0.3, 0.4) is 0 Å². The molecule has 0 saturated carbocycles. The van der Waals surface area contributed by atoms with Crippen LogP contribution in [0.5, 0.6) is 5.75 Å². The Hall–Kier alpha value is -3.00. The van der Waals surface area contributed by atoms with Crippen molar-refractivity contribution in [3.63, 3.8) is 0 Å². The molecule has 5 nitrogen and oxygen atoms in total. The molecule has 0 aliphatic heterocycles. The molecular formula is C18H19N3O2. The Bertz CT molecular complexity index is 707. The van der Waals surface area contributed by atoms with Crippen molar-refractivity contribution >= 4 is 11.6 Å². The van der Waals surface area contributed by atoms with Crippen molar-refractivity contribution in [1.29, 1.82) is 5.26 Å². The molecule has 0 heterocycles. The van der Waals surface area contributed by atoms with Gasteiger partial charge in [-0.1, -0.05) is 24.3 Å². The molecule has 0 spiro atoms. The van der Waals surface area contributed by atoms with Gasteiger partial charge in [0.25, 0.3) is 0 Å². The maximum Gasteiger partial charge on any atom is 0.239 e. The molecule has 5 heteroatoms. The lowest BCUT2D eigenvalue weighted by Gasteiger charge is -2.10. The van der Waals surface area contributed by atoms with E-state index in [1.807, 2.05) is 30.3 Å². The van der Waals surface area contributed by atoms with Gasteiger partial charge in [-0.05, 0) is 36.2 Å². The van der Waals surface area contributed by atoms with E-state index < -0.39 is 0 Å². The summed E-state index contributed by atoms with van der Waals surface area (Å²) in [7, 11) is 1.64. The van der Waals surface area contributed by atoms with Gasteiger partial charge in [0.05, 0.1) is 25.3 Å². The van der Waals surface area contributed by atoms with Gasteiger partial charge in [-0.15, -0.1) is 0 Å². The van der Waals surface area contributed by atoms with E-state index in [2.05, 4.69) is 16.7 Å². The van der Waals surface area contributed by atoms with Crippen molar-refractivity contribution in [3.05, 3.63) is 59.7 Å². The SMILES string of the molecule is COc1ccccc1CCNC(=O)CNc1cccc(C#N)c1. The van der Waals surface area contributed by atoms with Crippen molar-refractivity contribution in [1.82, 2.24) is 5.32 Å². The molecule has 0 aliphatic rings. The van der Waals surface area contributed by atoms with Gasteiger partial charge in [0.2, 0.25) is 5.91 Å². The van der Waals surface area contributed by atoms with Crippen molar-refractivity contribution in [2.75, 3.05) is 25.5 Å². The van der Waals surface area contributed by atoms with Gasteiger partial charge < -0.3 is 15.4 Å². The predicted octanol–water partition coefficient (Wildman–Crippen LogP) is 2.34. The third-order valence-electron chi connectivity index (χ3n) is 3.35. The van der Waals surface area contributed by atoms with Crippen molar-refractivity contribution in [2.24, 2.45) is 0 Å². The first-order valence-electron chi connectivity index (χ1n) is 7.35. The quantitative estimate of drug-likeness (QED) is 0.823. The second-order valence-electron chi connectivity index (χ2n) is 4.96. The molecule has 0 atom stereocenters. The second-order valence-corrected chi connectivity index (χ2v) is 4.96. The minimum Gasteiger partial charge on any atom is -0.496 e. The molecule has 118 valence electrons. The molecule has 0 aliphatic carbocycles. The summed E-state index contributed by atoms with van der Waals surface area (Å²) < 4.78 is 5.28. The lowest BCUT2D eigenvalue weighted by Crippen LogP contribution is -2.31. The summed E-state index contributed by atoms with van der Waals surface area (Å²) in [4.78, 5) is 11.8. The van der Waals surface area contributed by atoms with Crippen LogP contribution in [0.4, 0.5) is 5.69 Å². The van der Waals surface area contributed by atoms with E-state index in [-0.39, 0.29) is 12.5 Å². The first-order valence-corrected chi connectivity index (χ1v) is 7.35. The molecule has 1 amide bonds. The van der Waals surface area contributed by atoms with Crippen LogP contribution in [0.2, 0.25) is 0 Å². The molecule has 0 unspecified atom stereocenters. The fraction of sp³-hybridized carbons (Fsp3) is 0.222. The number of rotatable bonds is 7. The number of carbonyl (C=O) groups excluding carboxylic acids is 1. The second kappa shape index (κ2) is 8.44. The van der Waals surface area contributed by atoms with Crippen LogP contribution >= 0.6 is 0 Å². The standard InChI is InChI=1S/C18H19N3O2/c1-23-17-8-3-2-6-15(17)9-10-20-18(22)13-21-16-7-4-5-14(11-16)12-19/h2-8,11,21H,9-10,13H2,1H3,(H,20,22). The highest BCUT2D eigenvalue weighted by Gasteiger charge is 2.04. The molecule has 0 saturated heterocycles. The largest absolute Gasteiger partial charge is 0.496 e. The number of ether oxygens (including phenoxy) is 1. The van der Waals surface area contributed by atoms with Gasteiger partial charge in [0, 0.05) is 12.2 Å². The number of nitrogens with one attached hydrogen (secondary N) is 2. The fourth-order valence-electron chi connectivity index (χ4n) is 2.19. The van der Waals surface area contributed by atoms with Crippen LogP contribution in [0.25, 0.3) is 0 Å². The topological polar surface area (TPSA) is 74.2 Å². The molecule has 2 aromatic carbocycles. The van der Waals surface area contributed by atoms with Crippen LogP contribution in [0.15, 0.2) is 48.5 Å². The monoisotopic (exact) mass is 309 g/mol. The molecule has 2 N–H and O–H groups in total. The van der Waals surface area contributed by atoms with Crippen molar-refractivity contribution < 1.29 is 9.53 Å². The normalized spacial score (nSPS) is 9.74. The zero-order valence-corrected chi connectivity index (χ0v) is 13.0. The van der Waals surface area contributed by atoms with Crippen molar-refractivity contribution in [2.45, 2.75) is 6.42 Å². The molecule has 0 fully saturated rings. The lowest BCUT2D eigenvalue weighted by molar-refractivity contribution is -0.119. The minimum atomic E-state index is -0.0951. The smallest absolute Gasteiger partial charge is 0.239 e. The van der Waals surface area contributed by atoms with Crippen LogP contribution in [-0.4, -0.2) is 26.1 Å². The first-order chi connectivity index (χ1) is 11.2. The first kappa shape index (κ1) is 16.4. The van der Waals surface area contributed by atoms with Crippen molar-refractivity contribution in [3.8, 4) is 11.8 Å². The minimum absolute atomic E-state index is 0.0951. The number of carbonyl (C=O) groups is 1. The number of anilines is 1. The summed E-state index contributed by atoms with van der Waals surface area (Å²) in [6.45, 7) is 0.708. The summed E-state index contributed by atoms with van der Waals surface area (Å²) in [5.41, 5.74) is 2.38. The number of nitrogens with zero attached hydrogens (tertiary/aromatic N) is 1. The van der Waals surface area contributed by atoms with E-state index in [0.29, 0.717) is 18.5 Å². The van der Waals surface area contributed by atoms with E-state index in [1.165, 1.54) is 0 Å². The van der Waals surface area contributed by atoms with Gasteiger partial charge in [0.15, 0.2) is 0 Å². The number of hydrogen-bond donors (Lipinski definition) is 2. The summed E-state index contributed by atoms with van der Waals surface area (Å²) in [5.74, 6) is 0.732. The Morgan fingerprint density at radius 1 is 1.22 bits per heavy atom. The number of amides is 1. The Labute approximate surface area is 135 Å². The zero-order valence-electron chi connectivity index (χ0n) is 13.0. The van der Waals surface area contributed by atoms with Crippen LogP contribution in [-0.2, 0) is 11.2 Å². The van der Waals surface area contributed by atoms with Crippen LogP contribution < -0.4 is 15.4 Å². The summed E-state index contributed by atoms with van der Waals surface area (Å²) >= 11 is 0. The molecule has 2 rings (SSSR count). The third-order valence-corrected chi connectivity index (χ3v) is 3.35. The zero-order chi connectivity index (χ0) is 16.5. The summed E-state index contributed by atoms with van der Waals surface area (Å²) in [6, 6.07) is 16.8. The third kappa shape index (κ3) is 5.04. The van der Waals surface area contributed by atoms with E-state index >= 15 is 0 Å². The molecular weight excluding hydrogens is 290 g/mol. The summed E-state index contributed by atoms with van der Waals surface area (Å²) in [5, 5.41) is 14.7. The van der Waals surface area contributed by atoms with E-state index in [4.69, 9.17) is 10.00 Å². The number of hydrogen-bond acceptors (Lipinski definition) is 4. The highest BCUT2D eigenvalue weighted by molar-refractivity contribution is 5.80.